The van der Waals surface area contributed by atoms with Crippen LogP contribution in [0, 0.1) is 0 Å². The minimum Gasteiger partial charge on any atom is -0.389 e. The lowest BCUT2D eigenvalue weighted by atomic mass is 10.1. The van der Waals surface area contributed by atoms with Crippen molar-refractivity contribution in [1.82, 2.24) is 4.98 Å². The number of hydrogen-bond acceptors (Lipinski definition) is 4. The molecule has 94 valence electrons. The first kappa shape index (κ1) is 11.7. The average molecular weight is 260 g/mol. The molecule has 0 aliphatic carbocycles. The molecule has 3 heterocycles. The maximum absolute atomic E-state index is 9.48. The second kappa shape index (κ2) is 4.71. The van der Waals surface area contributed by atoms with E-state index in [1.165, 1.54) is 10.4 Å². The molecule has 4 heteroatoms. The predicted octanol–water partition coefficient (Wildman–Crippen LogP) is 2.76. The molecule has 2 aromatic rings. The van der Waals surface area contributed by atoms with E-state index in [9.17, 15) is 5.11 Å². The first-order chi connectivity index (χ1) is 8.74. The third-order valence-electron chi connectivity index (χ3n) is 3.38. The predicted molar refractivity (Wildman–Crippen MR) is 73.9 cm³/mol. The van der Waals surface area contributed by atoms with Gasteiger partial charge in [-0.15, -0.1) is 11.3 Å². The minimum atomic E-state index is -0.448. The van der Waals surface area contributed by atoms with Crippen molar-refractivity contribution < 1.29 is 5.11 Å². The van der Waals surface area contributed by atoms with Crippen LogP contribution in [0.2, 0.25) is 0 Å². The number of thiophene rings is 1. The van der Waals surface area contributed by atoms with Gasteiger partial charge in [0.1, 0.15) is 5.82 Å². The molecule has 0 spiro atoms. The highest BCUT2D eigenvalue weighted by Crippen LogP contribution is 2.27. The largest absolute Gasteiger partial charge is 0.389 e. The summed E-state index contributed by atoms with van der Waals surface area (Å²) < 4.78 is 0. The number of aliphatic hydroxyl groups is 1. The molecule has 1 N–H and O–H groups in total. The van der Waals surface area contributed by atoms with Crippen LogP contribution >= 0.6 is 11.3 Å². The number of aromatic nitrogens is 1. The van der Waals surface area contributed by atoms with Crippen molar-refractivity contribution in [2.45, 2.75) is 26.0 Å². The number of pyridine rings is 1. The smallest absolute Gasteiger partial charge is 0.128 e. The summed E-state index contributed by atoms with van der Waals surface area (Å²) in [6, 6.07) is 6.16. The van der Waals surface area contributed by atoms with Gasteiger partial charge in [0.15, 0.2) is 0 Å². The SMILES string of the molecule is C[C@H](O)c1ccc(N2CCc3sccc3C2)nc1. The van der Waals surface area contributed by atoms with Gasteiger partial charge in [0.25, 0.3) is 0 Å². The van der Waals surface area contributed by atoms with Crippen molar-refractivity contribution in [3.63, 3.8) is 0 Å². The summed E-state index contributed by atoms with van der Waals surface area (Å²) in [4.78, 5) is 8.25. The van der Waals surface area contributed by atoms with Crippen LogP contribution in [0.3, 0.4) is 0 Å². The van der Waals surface area contributed by atoms with Crippen molar-refractivity contribution >= 4 is 17.2 Å². The van der Waals surface area contributed by atoms with Crippen LogP contribution in [-0.4, -0.2) is 16.6 Å². The molecule has 0 saturated carbocycles. The third kappa shape index (κ3) is 2.13. The van der Waals surface area contributed by atoms with Gasteiger partial charge in [0.2, 0.25) is 0 Å². The second-order valence-electron chi connectivity index (χ2n) is 4.67. The van der Waals surface area contributed by atoms with Crippen molar-refractivity contribution in [2.75, 3.05) is 11.4 Å². The van der Waals surface area contributed by atoms with Crippen molar-refractivity contribution in [3.8, 4) is 0 Å². The summed E-state index contributed by atoms with van der Waals surface area (Å²) in [6.07, 6.45) is 2.42. The Morgan fingerprint density at radius 2 is 2.28 bits per heavy atom. The van der Waals surface area contributed by atoms with E-state index in [0.29, 0.717) is 0 Å². The maximum Gasteiger partial charge on any atom is 0.128 e. The molecule has 18 heavy (non-hydrogen) atoms. The van der Waals surface area contributed by atoms with Gasteiger partial charge in [0.05, 0.1) is 6.10 Å². The standard InChI is InChI=1S/C14H16N2OS/c1-10(17)11-2-3-14(15-8-11)16-6-4-13-12(9-16)5-7-18-13/h2-3,5,7-8,10,17H,4,6,9H2,1H3/t10-/m0/s1. The molecule has 0 saturated heterocycles. The fraction of sp³-hybridized carbons (Fsp3) is 0.357. The molecule has 0 unspecified atom stereocenters. The minimum absolute atomic E-state index is 0.448. The Balaban J connectivity index is 1.80. The molecule has 0 aromatic carbocycles. The Morgan fingerprint density at radius 1 is 1.39 bits per heavy atom. The molecule has 0 fully saturated rings. The summed E-state index contributed by atoms with van der Waals surface area (Å²) in [6.45, 7) is 3.73. The van der Waals surface area contributed by atoms with Gasteiger partial charge in [-0.1, -0.05) is 6.07 Å². The van der Waals surface area contributed by atoms with Crippen LogP contribution in [0.25, 0.3) is 0 Å². The number of fused-ring (bicyclic) bond motifs is 1. The monoisotopic (exact) mass is 260 g/mol. The summed E-state index contributed by atoms with van der Waals surface area (Å²) in [7, 11) is 0. The van der Waals surface area contributed by atoms with Crippen LogP contribution in [0.1, 0.15) is 29.0 Å². The molecule has 2 aromatic heterocycles. The number of hydrogen-bond donors (Lipinski definition) is 1. The lowest BCUT2D eigenvalue weighted by molar-refractivity contribution is 0.199. The Hall–Kier alpha value is -1.39. The van der Waals surface area contributed by atoms with Gasteiger partial charge in [0, 0.05) is 24.2 Å². The number of nitrogens with zero attached hydrogens (tertiary/aromatic N) is 2. The number of anilines is 1. The van der Waals surface area contributed by atoms with E-state index in [0.717, 1.165) is 30.9 Å². The van der Waals surface area contributed by atoms with Crippen molar-refractivity contribution in [3.05, 3.63) is 45.8 Å². The summed E-state index contributed by atoms with van der Waals surface area (Å²) in [5.41, 5.74) is 2.29. The average Bonchev–Trinajstić information content (AvgIpc) is 2.86. The van der Waals surface area contributed by atoms with Crippen molar-refractivity contribution in [1.29, 1.82) is 0 Å². The van der Waals surface area contributed by atoms with Gasteiger partial charge in [-0.25, -0.2) is 4.98 Å². The molecule has 1 atom stereocenters. The van der Waals surface area contributed by atoms with E-state index in [4.69, 9.17) is 0 Å². The highest BCUT2D eigenvalue weighted by molar-refractivity contribution is 7.10. The van der Waals surface area contributed by atoms with Gasteiger partial charge >= 0.3 is 0 Å². The van der Waals surface area contributed by atoms with E-state index in [1.807, 2.05) is 23.5 Å². The van der Waals surface area contributed by atoms with Crippen LogP contribution in [-0.2, 0) is 13.0 Å². The quantitative estimate of drug-likeness (QED) is 0.902. The van der Waals surface area contributed by atoms with E-state index in [2.05, 4.69) is 21.3 Å². The molecule has 0 radical (unpaired) electrons. The number of rotatable bonds is 2. The molecular formula is C14H16N2OS. The zero-order valence-electron chi connectivity index (χ0n) is 10.3. The lowest BCUT2D eigenvalue weighted by Crippen LogP contribution is -2.30. The van der Waals surface area contributed by atoms with E-state index < -0.39 is 6.10 Å². The van der Waals surface area contributed by atoms with Crippen molar-refractivity contribution in [2.24, 2.45) is 0 Å². The highest BCUT2D eigenvalue weighted by atomic mass is 32.1. The fourth-order valence-corrected chi connectivity index (χ4v) is 3.17. The Kier molecular flexibility index (Phi) is 3.06. The van der Waals surface area contributed by atoms with Crippen LogP contribution < -0.4 is 4.90 Å². The van der Waals surface area contributed by atoms with E-state index in [1.54, 1.807) is 13.1 Å². The zero-order chi connectivity index (χ0) is 12.5. The van der Waals surface area contributed by atoms with Gasteiger partial charge in [-0.3, -0.25) is 0 Å². The summed E-state index contributed by atoms with van der Waals surface area (Å²) in [5, 5.41) is 11.6. The molecule has 0 bridgehead atoms. The van der Waals surface area contributed by atoms with Crippen LogP contribution in [0.4, 0.5) is 5.82 Å². The van der Waals surface area contributed by atoms with Gasteiger partial charge < -0.3 is 10.0 Å². The maximum atomic E-state index is 9.48. The molecule has 1 aliphatic heterocycles. The topological polar surface area (TPSA) is 36.4 Å². The van der Waals surface area contributed by atoms with E-state index >= 15 is 0 Å². The molecule has 3 rings (SSSR count). The molecule has 1 aliphatic rings. The first-order valence-electron chi connectivity index (χ1n) is 6.18. The fourth-order valence-electron chi connectivity index (χ4n) is 2.28. The van der Waals surface area contributed by atoms with E-state index in [-0.39, 0.29) is 0 Å². The third-order valence-corrected chi connectivity index (χ3v) is 4.41. The lowest BCUT2D eigenvalue weighted by Gasteiger charge is -2.28. The zero-order valence-corrected chi connectivity index (χ0v) is 11.2. The Morgan fingerprint density at radius 3 is 3.00 bits per heavy atom. The number of aliphatic hydroxyl groups excluding tert-OH is 1. The summed E-state index contributed by atoms with van der Waals surface area (Å²) in [5.74, 6) is 0.997. The van der Waals surface area contributed by atoms with Gasteiger partial charge in [-0.05, 0) is 42.0 Å². The van der Waals surface area contributed by atoms with Crippen LogP contribution in [0.5, 0.6) is 0 Å². The molecule has 3 nitrogen and oxygen atoms in total. The Bertz CT molecular complexity index is 533. The summed E-state index contributed by atoms with van der Waals surface area (Å²) >= 11 is 1.85. The highest BCUT2D eigenvalue weighted by Gasteiger charge is 2.18. The Labute approximate surface area is 111 Å². The van der Waals surface area contributed by atoms with Crippen LogP contribution in [0.15, 0.2) is 29.8 Å². The molecular weight excluding hydrogens is 244 g/mol. The second-order valence-corrected chi connectivity index (χ2v) is 5.67. The molecule has 0 amide bonds. The first-order valence-corrected chi connectivity index (χ1v) is 7.06. The normalized spacial score (nSPS) is 16.4. The van der Waals surface area contributed by atoms with Gasteiger partial charge in [-0.2, -0.15) is 0 Å².